The first-order chi connectivity index (χ1) is 6.75. The van der Waals surface area contributed by atoms with Crippen molar-refractivity contribution >= 4 is 17.1 Å². The zero-order valence-corrected chi connectivity index (χ0v) is 9.09. The number of piperidine rings is 1. The lowest BCUT2D eigenvalue weighted by molar-refractivity contribution is -0.123. The number of aromatic nitrogens is 1. The number of hydrogen-bond acceptors (Lipinski definition) is 4. The second-order valence-electron chi connectivity index (χ2n) is 3.74. The second kappa shape index (κ2) is 4.19. The highest BCUT2D eigenvalue weighted by atomic mass is 32.1. The Balaban J connectivity index is 1.95. The van der Waals surface area contributed by atoms with E-state index in [9.17, 15) is 4.79 Å². The molecule has 1 aromatic rings. The summed E-state index contributed by atoms with van der Waals surface area (Å²) in [5.74, 6) is 0.396. The van der Waals surface area contributed by atoms with Crippen LogP contribution in [0.2, 0.25) is 0 Å². The van der Waals surface area contributed by atoms with Gasteiger partial charge in [-0.2, -0.15) is 0 Å². The van der Waals surface area contributed by atoms with Crippen molar-refractivity contribution in [3.8, 4) is 0 Å². The Bertz CT molecular complexity index is 310. The van der Waals surface area contributed by atoms with Crippen LogP contribution in [-0.2, 0) is 11.3 Å². The van der Waals surface area contributed by atoms with E-state index in [-0.39, 0.29) is 0 Å². The molecule has 0 aliphatic carbocycles. The lowest BCUT2D eigenvalue weighted by Crippen LogP contribution is -2.40. The number of Topliss-reactive ketones (excluding diaryl/α,β-unsaturated/α-hetero) is 1. The minimum Gasteiger partial charge on any atom is -0.300 e. The van der Waals surface area contributed by atoms with Crippen molar-refractivity contribution in [2.75, 3.05) is 6.54 Å². The van der Waals surface area contributed by atoms with E-state index in [1.165, 1.54) is 0 Å². The van der Waals surface area contributed by atoms with Crippen LogP contribution in [0.1, 0.15) is 24.8 Å². The quantitative estimate of drug-likeness (QED) is 0.745. The first-order valence-corrected chi connectivity index (χ1v) is 5.78. The number of carbonyl (C=O) groups excluding carboxylic acids is 1. The molecule has 1 aromatic heterocycles. The number of nitrogens with zero attached hydrogens (tertiary/aromatic N) is 2. The Morgan fingerprint density at radius 2 is 2.57 bits per heavy atom. The van der Waals surface area contributed by atoms with Gasteiger partial charge in [-0.15, -0.1) is 11.3 Å². The van der Waals surface area contributed by atoms with Crippen molar-refractivity contribution in [3.63, 3.8) is 0 Å². The Morgan fingerprint density at radius 1 is 1.71 bits per heavy atom. The molecule has 1 saturated heterocycles. The smallest absolute Gasteiger partial charge is 0.135 e. The maximum absolute atomic E-state index is 11.2. The van der Waals surface area contributed by atoms with Crippen molar-refractivity contribution in [1.29, 1.82) is 0 Å². The molecule has 1 unspecified atom stereocenters. The molecule has 0 spiro atoms. The zero-order valence-electron chi connectivity index (χ0n) is 8.27. The molecule has 0 bridgehead atoms. The van der Waals surface area contributed by atoms with Gasteiger partial charge in [0, 0.05) is 37.0 Å². The summed E-state index contributed by atoms with van der Waals surface area (Å²) < 4.78 is 0. The molecule has 0 N–H and O–H groups in total. The average Bonchev–Trinajstić information content (AvgIpc) is 2.62. The minimum atomic E-state index is 0.375. The summed E-state index contributed by atoms with van der Waals surface area (Å²) in [5.41, 5.74) is 0. The number of carbonyl (C=O) groups is 1. The van der Waals surface area contributed by atoms with Gasteiger partial charge >= 0.3 is 0 Å². The first-order valence-electron chi connectivity index (χ1n) is 4.90. The average molecular weight is 210 g/mol. The van der Waals surface area contributed by atoms with Crippen molar-refractivity contribution in [2.45, 2.75) is 32.4 Å². The lowest BCUT2D eigenvalue weighted by atomic mass is 10.0. The molecule has 14 heavy (non-hydrogen) atoms. The van der Waals surface area contributed by atoms with Crippen molar-refractivity contribution in [3.05, 3.63) is 16.6 Å². The van der Waals surface area contributed by atoms with E-state index in [0.29, 0.717) is 24.7 Å². The van der Waals surface area contributed by atoms with E-state index >= 15 is 0 Å². The van der Waals surface area contributed by atoms with Crippen LogP contribution in [0.4, 0.5) is 0 Å². The molecule has 1 fully saturated rings. The Kier molecular flexibility index (Phi) is 2.93. The SMILES string of the molecule is CC1CC(=O)CCN1Cc1nccs1. The second-order valence-corrected chi connectivity index (χ2v) is 4.72. The van der Waals surface area contributed by atoms with Crippen LogP contribution in [0.3, 0.4) is 0 Å². The zero-order chi connectivity index (χ0) is 9.97. The summed E-state index contributed by atoms with van der Waals surface area (Å²) in [4.78, 5) is 17.8. The third kappa shape index (κ3) is 2.19. The Morgan fingerprint density at radius 3 is 3.21 bits per heavy atom. The third-order valence-electron chi connectivity index (χ3n) is 2.65. The Hall–Kier alpha value is -0.740. The van der Waals surface area contributed by atoms with Crippen molar-refractivity contribution in [2.24, 2.45) is 0 Å². The van der Waals surface area contributed by atoms with Crippen LogP contribution in [-0.4, -0.2) is 28.3 Å². The third-order valence-corrected chi connectivity index (χ3v) is 3.41. The van der Waals surface area contributed by atoms with Crippen LogP contribution in [0.15, 0.2) is 11.6 Å². The monoisotopic (exact) mass is 210 g/mol. The molecular weight excluding hydrogens is 196 g/mol. The highest BCUT2D eigenvalue weighted by Gasteiger charge is 2.23. The van der Waals surface area contributed by atoms with Crippen molar-refractivity contribution in [1.82, 2.24) is 9.88 Å². The normalized spacial score (nSPS) is 24.1. The summed E-state index contributed by atoms with van der Waals surface area (Å²) in [6.45, 7) is 3.90. The maximum Gasteiger partial charge on any atom is 0.135 e. The van der Waals surface area contributed by atoms with E-state index in [2.05, 4.69) is 16.8 Å². The molecule has 1 atom stereocenters. The van der Waals surface area contributed by atoms with E-state index in [0.717, 1.165) is 18.1 Å². The topological polar surface area (TPSA) is 33.2 Å². The lowest BCUT2D eigenvalue weighted by Gasteiger charge is -2.31. The van der Waals surface area contributed by atoms with Gasteiger partial charge in [0.1, 0.15) is 10.8 Å². The molecule has 2 heterocycles. The number of hydrogen-bond donors (Lipinski definition) is 0. The van der Waals surface area contributed by atoms with E-state index in [4.69, 9.17) is 0 Å². The fraction of sp³-hybridized carbons (Fsp3) is 0.600. The molecule has 2 rings (SSSR count). The van der Waals surface area contributed by atoms with E-state index in [1.54, 1.807) is 11.3 Å². The van der Waals surface area contributed by atoms with Crippen LogP contribution >= 0.6 is 11.3 Å². The summed E-state index contributed by atoms with van der Waals surface area (Å²) in [5, 5.41) is 3.14. The largest absolute Gasteiger partial charge is 0.300 e. The number of likely N-dealkylation sites (tertiary alicyclic amines) is 1. The van der Waals surface area contributed by atoms with Crippen LogP contribution in [0.5, 0.6) is 0 Å². The minimum absolute atomic E-state index is 0.375. The molecular formula is C10H14N2OS. The van der Waals surface area contributed by atoms with Gasteiger partial charge in [-0.05, 0) is 6.92 Å². The first kappa shape index (κ1) is 9.80. The molecule has 1 aliphatic heterocycles. The van der Waals surface area contributed by atoms with Gasteiger partial charge in [0.05, 0.1) is 6.54 Å². The van der Waals surface area contributed by atoms with Crippen LogP contribution in [0.25, 0.3) is 0 Å². The van der Waals surface area contributed by atoms with Gasteiger partial charge in [0.25, 0.3) is 0 Å². The molecule has 3 nitrogen and oxygen atoms in total. The van der Waals surface area contributed by atoms with Gasteiger partial charge in [-0.3, -0.25) is 9.69 Å². The molecule has 0 amide bonds. The van der Waals surface area contributed by atoms with Crippen LogP contribution < -0.4 is 0 Å². The molecule has 0 radical (unpaired) electrons. The molecule has 0 aromatic carbocycles. The molecule has 76 valence electrons. The predicted molar refractivity (Wildman–Crippen MR) is 56.2 cm³/mol. The number of thiazole rings is 1. The predicted octanol–water partition coefficient (Wildman–Crippen LogP) is 1.70. The molecule has 1 aliphatic rings. The van der Waals surface area contributed by atoms with Gasteiger partial charge in [-0.25, -0.2) is 4.98 Å². The summed E-state index contributed by atoms with van der Waals surface area (Å²) in [6.07, 6.45) is 3.24. The maximum atomic E-state index is 11.2. The van der Waals surface area contributed by atoms with Gasteiger partial charge in [-0.1, -0.05) is 0 Å². The summed E-state index contributed by atoms with van der Waals surface area (Å²) in [7, 11) is 0. The molecule has 0 saturated carbocycles. The fourth-order valence-corrected chi connectivity index (χ4v) is 2.43. The standard InChI is InChI=1S/C10H14N2OS/c1-8-6-9(13)2-4-12(8)7-10-11-3-5-14-10/h3,5,8H,2,4,6-7H2,1H3. The molecule has 4 heteroatoms. The van der Waals surface area contributed by atoms with E-state index in [1.807, 2.05) is 11.6 Å². The van der Waals surface area contributed by atoms with Crippen molar-refractivity contribution < 1.29 is 4.79 Å². The number of rotatable bonds is 2. The van der Waals surface area contributed by atoms with Gasteiger partial charge in [0.2, 0.25) is 0 Å². The van der Waals surface area contributed by atoms with E-state index < -0.39 is 0 Å². The summed E-state index contributed by atoms with van der Waals surface area (Å²) in [6, 6.07) is 0.375. The number of ketones is 1. The highest BCUT2D eigenvalue weighted by molar-refractivity contribution is 7.09. The Labute approximate surface area is 87.8 Å². The van der Waals surface area contributed by atoms with Crippen LogP contribution in [0, 0.1) is 0 Å². The fourth-order valence-electron chi connectivity index (χ4n) is 1.79. The highest BCUT2D eigenvalue weighted by Crippen LogP contribution is 2.17. The van der Waals surface area contributed by atoms with Gasteiger partial charge < -0.3 is 0 Å². The van der Waals surface area contributed by atoms with Gasteiger partial charge in [0.15, 0.2) is 0 Å². The summed E-state index contributed by atoms with van der Waals surface area (Å²) >= 11 is 1.68.